The molecule has 3 rings (SSSR count). The Balaban J connectivity index is 1.86. The molecule has 0 aliphatic carbocycles. The summed E-state index contributed by atoms with van der Waals surface area (Å²) in [6, 6.07) is 6.85. The Morgan fingerprint density at radius 3 is 2.87 bits per heavy atom. The van der Waals surface area contributed by atoms with E-state index in [0.29, 0.717) is 10.8 Å². The first-order chi connectivity index (χ1) is 11.1. The number of aliphatic hydroxyl groups is 1. The average molecular weight is 332 g/mol. The molecule has 3 aromatic rings. The number of ether oxygens (including phenoxy) is 1. The largest absolute Gasteiger partial charge is 0.507 e. The maximum absolute atomic E-state index is 11.9. The summed E-state index contributed by atoms with van der Waals surface area (Å²) in [5, 5.41) is 16.5. The quantitative estimate of drug-likeness (QED) is 0.420. The van der Waals surface area contributed by atoms with E-state index in [4.69, 9.17) is 20.8 Å². The Bertz CT molecular complexity index is 855. The lowest BCUT2D eigenvalue weighted by Crippen LogP contribution is -1.99. The summed E-state index contributed by atoms with van der Waals surface area (Å²) < 4.78 is 10.6. The van der Waals surface area contributed by atoms with Gasteiger partial charge >= 0.3 is 0 Å². The highest BCUT2D eigenvalue weighted by atomic mass is 35.5. The number of hydrogen-bond acceptors (Lipinski definition) is 6. The maximum atomic E-state index is 11.9. The van der Waals surface area contributed by atoms with Crippen molar-refractivity contribution in [2.45, 2.75) is 0 Å². The number of halogens is 1. The zero-order valence-electron chi connectivity index (χ0n) is 11.6. The molecule has 0 amide bonds. The van der Waals surface area contributed by atoms with E-state index in [2.05, 4.69) is 15.2 Å². The fourth-order valence-electron chi connectivity index (χ4n) is 1.79. The minimum atomic E-state index is -0.537. The molecule has 0 aliphatic heterocycles. The number of aromatic amines is 1. The summed E-state index contributed by atoms with van der Waals surface area (Å²) in [6.45, 7) is 0. The first-order valence-corrected chi connectivity index (χ1v) is 6.82. The number of carbonyl (C=O) groups excluding carboxylic acids is 1. The van der Waals surface area contributed by atoms with Gasteiger partial charge < -0.3 is 14.3 Å². The molecular formula is C15H10ClN3O4. The van der Waals surface area contributed by atoms with Crippen molar-refractivity contribution < 1.29 is 19.1 Å². The number of nitrogens with one attached hydrogen (secondary N) is 1. The van der Waals surface area contributed by atoms with Crippen molar-refractivity contribution in [3.8, 4) is 11.5 Å². The Hall–Kier alpha value is -3.06. The van der Waals surface area contributed by atoms with Gasteiger partial charge in [-0.05, 0) is 12.1 Å². The van der Waals surface area contributed by atoms with Crippen LogP contribution < -0.4 is 4.74 Å². The second-order valence-corrected chi connectivity index (χ2v) is 4.82. The van der Waals surface area contributed by atoms with Crippen molar-refractivity contribution in [1.82, 2.24) is 15.2 Å². The molecule has 0 fully saturated rings. The molecule has 0 bridgehead atoms. The Morgan fingerprint density at radius 2 is 2.13 bits per heavy atom. The van der Waals surface area contributed by atoms with E-state index in [9.17, 15) is 9.90 Å². The van der Waals surface area contributed by atoms with Crippen molar-refractivity contribution in [2.24, 2.45) is 0 Å². The van der Waals surface area contributed by atoms with Gasteiger partial charge in [-0.3, -0.25) is 9.89 Å². The van der Waals surface area contributed by atoms with Gasteiger partial charge in [-0.2, -0.15) is 5.10 Å². The molecule has 2 aromatic heterocycles. The van der Waals surface area contributed by atoms with Gasteiger partial charge in [-0.15, -0.1) is 0 Å². The standard InChI is InChI=1S/C15H10ClN3O4/c16-10-3-1-2-4-13(10)23-14-7-22-6-9(14)11(20)5-12(21)15-17-8-18-19-15/h1-8,20H,(H,17,18,19). The molecule has 0 radical (unpaired) electrons. The smallest absolute Gasteiger partial charge is 0.226 e. The molecule has 1 aromatic carbocycles. The van der Waals surface area contributed by atoms with Crippen LogP contribution in [0.4, 0.5) is 0 Å². The van der Waals surface area contributed by atoms with Gasteiger partial charge in [0.15, 0.2) is 11.6 Å². The highest BCUT2D eigenvalue weighted by Gasteiger charge is 2.16. The number of carbonyl (C=O) groups is 1. The minimum Gasteiger partial charge on any atom is -0.507 e. The van der Waals surface area contributed by atoms with E-state index < -0.39 is 5.78 Å². The summed E-state index contributed by atoms with van der Waals surface area (Å²) >= 11 is 6.02. The van der Waals surface area contributed by atoms with E-state index in [1.165, 1.54) is 18.9 Å². The molecule has 0 atom stereocenters. The third kappa shape index (κ3) is 3.24. The highest BCUT2D eigenvalue weighted by Crippen LogP contribution is 2.33. The summed E-state index contributed by atoms with van der Waals surface area (Å²) in [4.78, 5) is 15.6. The number of benzene rings is 1. The maximum Gasteiger partial charge on any atom is 0.226 e. The first kappa shape index (κ1) is 14.9. The number of para-hydroxylation sites is 1. The van der Waals surface area contributed by atoms with Crippen LogP contribution in [0.1, 0.15) is 16.2 Å². The molecule has 23 heavy (non-hydrogen) atoms. The fraction of sp³-hybridized carbons (Fsp3) is 0. The predicted octanol–water partition coefficient (Wildman–Crippen LogP) is 3.63. The van der Waals surface area contributed by atoms with Crippen LogP contribution >= 0.6 is 11.6 Å². The second-order valence-electron chi connectivity index (χ2n) is 4.41. The van der Waals surface area contributed by atoms with Gasteiger partial charge in [0.2, 0.25) is 5.78 Å². The molecule has 0 saturated heterocycles. The molecule has 2 heterocycles. The number of rotatable bonds is 5. The molecule has 8 heteroatoms. The number of hydrogen-bond donors (Lipinski definition) is 2. The number of nitrogens with zero attached hydrogens (tertiary/aromatic N) is 2. The third-order valence-corrected chi connectivity index (χ3v) is 3.19. The zero-order chi connectivity index (χ0) is 16.2. The first-order valence-electron chi connectivity index (χ1n) is 6.44. The molecule has 2 N–H and O–H groups in total. The van der Waals surface area contributed by atoms with Gasteiger partial charge in [0.05, 0.1) is 10.6 Å². The molecule has 0 unspecified atom stereocenters. The lowest BCUT2D eigenvalue weighted by molar-refractivity contribution is 0.103. The normalized spacial score (nSPS) is 11.4. The van der Waals surface area contributed by atoms with Gasteiger partial charge in [0.1, 0.15) is 30.4 Å². The lowest BCUT2D eigenvalue weighted by atomic mass is 10.2. The molecule has 0 spiro atoms. The van der Waals surface area contributed by atoms with Crippen LogP contribution in [0.25, 0.3) is 5.76 Å². The van der Waals surface area contributed by atoms with Crippen molar-refractivity contribution >= 4 is 23.1 Å². The summed E-state index contributed by atoms with van der Waals surface area (Å²) in [7, 11) is 0. The summed E-state index contributed by atoms with van der Waals surface area (Å²) in [6.07, 6.45) is 4.74. The Kier molecular flexibility index (Phi) is 4.11. The van der Waals surface area contributed by atoms with Crippen LogP contribution in [0.2, 0.25) is 5.02 Å². The number of H-pyrrole nitrogens is 1. The highest BCUT2D eigenvalue weighted by molar-refractivity contribution is 6.32. The number of ketones is 1. The van der Waals surface area contributed by atoms with Crippen molar-refractivity contribution in [2.75, 3.05) is 0 Å². The zero-order valence-corrected chi connectivity index (χ0v) is 12.3. The van der Waals surface area contributed by atoms with E-state index in [1.54, 1.807) is 24.3 Å². The van der Waals surface area contributed by atoms with Crippen LogP contribution in [0, 0.1) is 0 Å². The lowest BCUT2D eigenvalue weighted by Gasteiger charge is -2.06. The molecule has 116 valence electrons. The number of aliphatic hydroxyl groups excluding tert-OH is 1. The predicted molar refractivity (Wildman–Crippen MR) is 81.6 cm³/mol. The topological polar surface area (TPSA) is 101 Å². The van der Waals surface area contributed by atoms with E-state index in [-0.39, 0.29) is 22.9 Å². The van der Waals surface area contributed by atoms with E-state index >= 15 is 0 Å². The van der Waals surface area contributed by atoms with Crippen LogP contribution in [-0.2, 0) is 0 Å². The number of furan rings is 1. The Morgan fingerprint density at radius 1 is 1.30 bits per heavy atom. The Labute approximate surface area is 135 Å². The monoisotopic (exact) mass is 331 g/mol. The van der Waals surface area contributed by atoms with Gasteiger partial charge in [-0.1, -0.05) is 23.7 Å². The molecular weight excluding hydrogens is 322 g/mol. The van der Waals surface area contributed by atoms with Crippen LogP contribution in [0.3, 0.4) is 0 Å². The van der Waals surface area contributed by atoms with Crippen LogP contribution in [-0.4, -0.2) is 26.1 Å². The van der Waals surface area contributed by atoms with Crippen molar-refractivity contribution in [3.05, 3.63) is 65.6 Å². The summed E-state index contributed by atoms with van der Waals surface area (Å²) in [5.74, 6) is -0.246. The third-order valence-electron chi connectivity index (χ3n) is 2.88. The molecule has 0 saturated carbocycles. The van der Waals surface area contributed by atoms with Gasteiger partial charge in [0, 0.05) is 6.08 Å². The van der Waals surface area contributed by atoms with E-state index in [0.717, 1.165) is 6.08 Å². The van der Waals surface area contributed by atoms with E-state index in [1.807, 2.05) is 0 Å². The van der Waals surface area contributed by atoms with Crippen molar-refractivity contribution in [1.29, 1.82) is 0 Å². The number of allylic oxidation sites excluding steroid dienone is 1. The van der Waals surface area contributed by atoms with Crippen LogP contribution in [0.5, 0.6) is 11.5 Å². The molecule has 7 nitrogen and oxygen atoms in total. The number of aromatic nitrogens is 3. The minimum absolute atomic E-state index is 0.00798. The summed E-state index contributed by atoms with van der Waals surface area (Å²) in [5.41, 5.74) is 0.206. The van der Waals surface area contributed by atoms with Gasteiger partial charge in [-0.25, -0.2) is 4.98 Å². The van der Waals surface area contributed by atoms with Gasteiger partial charge in [0.25, 0.3) is 0 Å². The average Bonchev–Trinajstić information content (AvgIpc) is 3.20. The molecule has 0 aliphatic rings. The fourth-order valence-corrected chi connectivity index (χ4v) is 1.97. The van der Waals surface area contributed by atoms with Crippen molar-refractivity contribution in [3.63, 3.8) is 0 Å². The second kappa shape index (κ2) is 6.37. The SMILES string of the molecule is O=C(C=C(O)c1cocc1Oc1ccccc1Cl)c1ncn[nH]1. The van der Waals surface area contributed by atoms with Crippen LogP contribution in [0.15, 0.2) is 53.6 Å².